The van der Waals surface area contributed by atoms with Gasteiger partial charge in [0, 0.05) is 34.5 Å². The molecule has 1 aliphatic rings. The Bertz CT molecular complexity index is 1230. The van der Waals surface area contributed by atoms with Crippen molar-refractivity contribution in [2.24, 2.45) is 5.92 Å². The first kappa shape index (κ1) is 24.7. The number of hydrogen-bond donors (Lipinski definition) is 2. The molecule has 180 valence electrons. The van der Waals surface area contributed by atoms with Gasteiger partial charge < -0.3 is 15.1 Å². The maximum Gasteiger partial charge on any atom is 0.264 e. The highest BCUT2D eigenvalue weighted by Crippen LogP contribution is 2.46. The van der Waals surface area contributed by atoms with Crippen LogP contribution in [0.2, 0.25) is 5.02 Å². The Kier molecular flexibility index (Phi) is 7.36. The molecule has 6 nitrogen and oxygen atoms in total. The van der Waals surface area contributed by atoms with Crippen molar-refractivity contribution in [1.29, 1.82) is 0 Å². The second-order valence-electron chi connectivity index (χ2n) is 8.53. The molecule has 0 aromatic heterocycles. The minimum Gasteiger partial charge on any atom is -0.396 e. The van der Waals surface area contributed by atoms with Crippen molar-refractivity contribution in [1.82, 2.24) is 0 Å². The summed E-state index contributed by atoms with van der Waals surface area (Å²) < 4.78 is 0. The molecule has 0 spiro atoms. The zero-order valence-electron chi connectivity index (χ0n) is 19.3. The van der Waals surface area contributed by atoms with E-state index >= 15 is 0 Å². The third-order valence-corrected chi connectivity index (χ3v) is 6.54. The minimum atomic E-state index is -1.77. The number of nitrogens with zero attached hydrogens (tertiary/aromatic N) is 2. The third kappa shape index (κ3) is 4.73. The van der Waals surface area contributed by atoms with Crippen LogP contribution >= 0.6 is 11.6 Å². The molecule has 1 aliphatic heterocycles. The number of aliphatic hydroxyl groups is 2. The van der Waals surface area contributed by atoms with Crippen LogP contribution in [0.5, 0.6) is 0 Å². The SMILES string of the molecule is C[C@H](/C=C/CCO)[C@@]1(O)C(=O)N(Cc2ccc(N(C=O)c3ccccc3)cc2)c2ccc(Cl)cc21. The van der Waals surface area contributed by atoms with Crippen LogP contribution in [0, 0.1) is 5.92 Å². The molecular weight excluding hydrogens is 464 g/mol. The molecule has 0 radical (unpaired) electrons. The third-order valence-electron chi connectivity index (χ3n) is 6.31. The summed E-state index contributed by atoms with van der Waals surface area (Å²) in [6.45, 7) is 2.01. The van der Waals surface area contributed by atoms with E-state index in [1.165, 1.54) is 0 Å². The number of carbonyl (C=O) groups excluding carboxylic acids is 2. The maximum atomic E-state index is 13.6. The Morgan fingerprint density at radius 3 is 2.40 bits per heavy atom. The molecule has 0 saturated heterocycles. The van der Waals surface area contributed by atoms with Gasteiger partial charge in [0.25, 0.3) is 5.91 Å². The normalized spacial score (nSPS) is 18.1. The zero-order chi connectivity index (χ0) is 25.0. The maximum absolute atomic E-state index is 13.6. The molecule has 2 atom stereocenters. The van der Waals surface area contributed by atoms with Crippen LogP contribution < -0.4 is 9.80 Å². The van der Waals surface area contributed by atoms with Gasteiger partial charge in [-0.25, -0.2) is 0 Å². The molecule has 4 rings (SSSR count). The lowest BCUT2D eigenvalue weighted by molar-refractivity contribution is -0.139. The lowest BCUT2D eigenvalue weighted by atomic mass is 9.83. The first-order valence-electron chi connectivity index (χ1n) is 11.4. The Balaban J connectivity index is 1.62. The van der Waals surface area contributed by atoms with Crippen LogP contribution in [-0.2, 0) is 21.7 Å². The second kappa shape index (κ2) is 10.4. The molecule has 35 heavy (non-hydrogen) atoms. The van der Waals surface area contributed by atoms with Gasteiger partial charge in [-0.1, -0.05) is 61.0 Å². The number of hydrogen-bond acceptors (Lipinski definition) is 4. The molecule has 0 aliphatic carbocycles. The summed E-state index contributed by atoms with van der Waals surface area (Å²) in [6, 6.07) is 21.8. The number of benzene rings is 3. The standard InChI is InChI=1S/C28H27ClN2O4/c1-20(7-5-6-16-32)28(35)25-17-22(29)12-15-26(25)30(27(28)34)18-21-10-13-24(14-11-21)31(19-33)23-8-3-2-4-9-23/h2-5,7-15,17,19-20,32,35H,6,16,18H2,1H3/b7-5+/t20-,28+/m1/s1. The first-order valence-corrected chi connectivity index (χ1v) is 11.8. The monoisotopic (exact) mass is 490 g/mol. The summed E-state index contributed by atoms with van der Waals surface area (Å²) in [6.07, 6.45) is 4.70. The van der Waals surface area contributed by atoms with E-state index in [9.17, 15) is 14.7 Å². The van der Waals surface area contributed by atoms with Gasteiger partial charge in [0.2, 0.25) is 6.41 Å². The van der Waals surface area contributed by atoms with Crippen LogP contribution in [0.4, 0.5) is 17.1 Å². The van der Waals surface area contributed by atoms with Gasteiger partial charge in [0.1, 0.15) is 0 Å². The van der Waals surface area contributed by atoms with Gasteiger partial charge in [0.15, 0.2) is 5.60 Å². The number of halogens is 1. The fourth-order valence-corrected chi connectivity index (χ4v) is 4.57. The average molecular weight is 491 g/mol. The van der Waals surface area contributed by atoms with Gasteiger partial charge in [0.05, 0.1) is 12.2 Å². The van der Waals surface area contributed by atoms with Crippen LogP contribution in [0.25, 0.3) is 0 Å². The number of fused-ring (bicyclic) bond motifs is 1. The summed E-state index contributed by atoms with van der Waals surface area (Å²) in [4.78, 5) is 28.4. The molecule has 2 amide bonds. The minimum absolute atomic E-state index is 0.00800. The van der Waals surface area contributed by atoms with Crippen LogP contribution in [0.15, 0.2) is 84.9 Å². The van der Waals surface area contributed by atoms with E-state index in [1.54, 1.807) is 47.1 Å². The average Bonchev–Trinajstić information content (AvgIpc) is 3.08. The van der Waals surface area contributed by atoms with E-state index in [-0.39, 0.29) is 13.2 Å². The largest absolute Gasteiger partial charge is 0.396 e. The number of carbonyl (C=O) groups is 2. The van der Waals surface area contributed by atoms with E-state index in [4.69, 9.17) is 16.7 Å². The number of amides is 2. The van der Waals surface area contributed by atoms with Crippen molar-refractivity contribution < 1.29 is 19.8 Å². The second-order valence-corrected chi connectivity index (χ2v) is 8.96. The van der Waals surface area contributed by atoms with Crippen molar-refractivity contribution in [3.05, 3.63) is 101 Å². The quantitative estimate of drug-likeness (QED) is 0.329. The highest BCUT2D eigenvalue weighted by molar-refractivity contribution is 6.31. The predicted octanol–water partition coefficient (Wildman–Crippen LogP) is 4.94. The summed E-state index contributed by atoms with van der Waals surface area (Å²) >= 11 is 6.22. The molecule has 1 heterocycles. The molecule has 0 saturated carbocycles. The number of anilines is 3. The lowest BCUT2D eigenvalue weighted by Gasteiger charge is -2.28. The molecule has 7 heteroatoms. The Labute approximate surface area is 209 Å². The van der Waals surface area contributed by atoms with Crippen molar-refractivity contribution in [3.8, 4) is 0 Å². The van der Waals surface area contributed by atoms with Crippen molar-refractivity contribution in [2.45, 2.75) is 25.5 Å². The number of rotatable bonds is 9. The van der Waals surface area contributed by atoms with Gasteiger partial charge >= 0.3 is 0 Å². The first-order chi connectivity index (χ1) is 16.9. The predicted molar refractivity (Wildman–Crippen MR) is 138 cm³/mol. The van der Waals surface area contributed by atoms with Gasteiger partial charge in [-0.3, -0.25) is 14.5 Å². The number of aliphatic hydroxyl groups excluding tert-OH is 1. The topological polar surface area (TPSA) is 81.1 Å². The van der Waals surface area contributed by atoms with E-state index in [2.05, 4.69) is 0 Å². The van der Waals surface area contributed by atoms with E-state index in [0.717, 1.165) is 17.7 Å². The summed E-state index contributed by atoms with van der Waals surface area (Å²) in [5.41, 5.74) is 1.59. The lowest BCUT2D eigenvalue weighted by Crippen LogP contribution is -2.44. The van der Waals surface area contributed by atoms with E-state index in [0.29, 0.717) is 28.4 Å². The Hall–Kier alpha value is -3.45. The van der Waals surface area contributed by atoms with Gasteiger partial charge in [-0.15, -0.1) is 0 Å². The molecule has 0 bridgehead atoms. The fraction of sp³-hybridized carbons (Fsp3) is 0.214. The fourth-order valence-electron chi connectivity index (χ4n) is 4.39. The molecule has 0 unspecified atom stereocenters. The summed E-state index contributed by atoms with van der Waals surface area (Å²) in [5, 5.41) is 21.1. The highest BCUT2D eigenvalue weighted by Gasteiger charge is 2.52. The molecule has 3 aromatic rings. The summed E-state index contributed by atoms with van der Waals surface area (Å²) in [7, 11) is 0. The number of para-hydroxylation sites is 1. The molecule has 2 N–H and O–H groups in total. The van der Waals surface area contributed by atoms with Crippen LogP contribution in [0.1, 0.15) is 24.5 Å². The van der Waals surface area contributed by atoms with Crippen LogP contribution in [0.3, 0.4) is 0 Å². The van der Waals surface area contributed by atoms with E-state index < -0.39 is 17.4 Å². The van der Waals surface area contributed by atoms with E-state index in [1.807, 2.05) is 54.6 Å². The zero-order valence-corrected chi connectivity index (χ0v) is 20.1. The van der Waals surface area contributed by atoms with Gasteiger partial charge in [-0.05, 0) is 54.4 Å². The molecule has 0 fully saturated rings. The highest BCUT2D eigenvalue weighted by atomic mass is 35.5. The van der Waals surface area contributed by atoms with Crippen molar-refractivity contribution in [2.75, 3.05) is 16.4 Å². The van der Waals surface area contributed by atoms with Crippen molar-refractivity contribution in [3.63, 3.8) is 0 Å². The Morgan fingerprint density at radius 1 is 1.06 bits per heavy atom. The summed E-state index contributed by atoms with van der Waals surface area (Å²) in [5.74, 6) is -0.961. The van der Waals surface area contributed by atoms with Crippen LogP contribution in [-0.4, -0.2) is 29.1 Å². The van der Waals surface area contributed by atoms with Gasteiger partial charge in [-0.2, -0.15) is 0 Å². The molecular formula is C28H27ClN2O4. The van der Waals surface area contributed by atoms with Crippen molar-refractivity contribution >= 4 is 41.0 Å². The Morgan fingerprint density at radius 2 is 1.74 bits per heavy atom. The smallest absolute Gasteiger partial charge is 0.264 e. The molecule has 3 aromatic carbocycles.